The van der Waals surface area contributed by atoms with Crippen molar-refractivity contribution in [2.24, 2.45) is 0 Å². The lowest BCUT2D eigenvalue weighted by molar-refractivity contribution is -0.117. The second kappa shape index (κ2) is 6.37. The SMILES string of the molecule is Cc1cccc(N2CC(c3nc(-c4ccc5c(c4)OCO5)no3)CC2=O)c1C. The summed E-state index contributed by atoms with van der Waals surface area (Å²) in [6.07, 6.45) is 0.357. The summed E-state index contributed by atoms with van der Waals surface area (Å²) in [5.41, 5.74) is 4.01. The van der Waals surface area contributed by atoms with E-state index in [2.05, 4.69) is 10.1 Å². The number of rotatable bonds is 3. The zero-order valence-electron chi connectivity index (χ0n) is 15.6. The van der Waals surface area contributed by atoms with Crippen molar-refractivity contribution in [3.8, 4) is 22.9 Å². The van der Waals surface area contributed by atoms with Gasteiger partial charge in [0.2, 0.25) is 24.4 Å². The van der Waals surface area contributed by atoms with Gasteiger partial charge in [0.25, 0.3) is 0 Å². The van der Waals surface area contributed by atoms with E-state index in [9.17, 15) is 4.79 Å². The molecule has 2 aliphatic rings. The molecule has 3 aromatic rings. The minimum atomic E-state index is -0.123. The van der Waals surface area contributed by atoms with E-state index in [4.69, 9.17) is 14.0 Å². The number of hydrogen-bond acceptors (Lipinski definition) is 6. The van der Waals surface area contributed by atoms with Gasteiger partial charge in [-0.15, -0.1) is 0 Å². The number of benzene rings is 2. The van der Waals surface area contributed by atoms with Crippen LogP contribution in [0.15, 0.2) is 40.9 Å². The summed E-state index contributed by atoms with van der Waals surface area (Å²) in [6.45, 7) is 4.84. The number of aromatic nitrogens is 2. The summed E-state index contributed by atoms with van der Waals surface area (Å²) < 4.78 is 16.2. The second-order valence-corrected chi connectivity index (χ2v) is 7.15. The fraction of sp³-hybridized carbons (Fsp3) is 0.286. The van der Waals surface area contributed by atoms with Gasteiger partial charge in [0.1, 0.15) is 0 Å². The lowest BCUT2D eigenvalue weighted by Crippen LogP contribution is -2.25. The molecule has 0 spiro atoms. The summed E-state index contributed by atoms with van der Waals surface area (Å²) in [6, 6.07) is 11.5. The molecule has 0 saturated carbocycles. The molecule has 0 aliphatic carbocycles. The summed E-state index contributed by atoms with van der Waals surface area (Å²) in [5.74, 6) is 2.28. The van der Waals surface area contributed by atoms with E-state index in [0.717, 1.165) is 22.4 Å². The molecule has 7 heteroatoms. The molecule has 28 heavy (non-hydrogen) atoms. The number of hydrogen-bond donors (Lipinski definition) is 0. The third kappa shape index (κ3) is 2.70. The zero-order valence-corrected chi connectivity index (χ0v) is 15.6. The van der Waals surface area contributed by atoms with Crippen LogP contribution in [0.5, 0.6) is 11.5 Å². The fourth-order valence-electron chi connectivity index (χ4n) is 3.69. The molecule has 142 valence electrons. The molecule has 5 rings (SSSR count). The highest BCUT2D eigenvalue weighted by atomic mass is 16.7. The maximum atomic E-state index is 12.6. The van der Waals surface area contributed by atoms with Gasteiger partial charge in [-0.3, -0.25) is 4.79 Å². The Kier molecular flexibility index (Phi) is 3.82. The van der Waals surface area contributed by atoms with Crippen molar-refractivity contribution in [2.75, 3.05) is 18.2 Å². The minimum absolute atomic E-state index is 0.0709. The van der Waals surface area contributed by atoms with Crippen molar-refractivity contribution in [2.45, 2.75) is 26.2 Å². The van der Waals surface area contributed by atoms with E-state index in [1.807, 2.05) is 55.1 Å². The van der Waals surface area contributed by atoms with Crippen LogP contribution >= 0.6 is 0 Å². The monoisotopic (exact) mass is 377 g/mol. The first kappa shape index (κ1) is 16.8. The topological polar surface area (TPSA) is 77.7 Å². The Morgan fingerprint density at radius 2 is 1.96 bits per heavy atom. The predicted octanol–water partition coefficient (Wildman–Crippen LogP) is 3.60. The van der Waals surface area contributed by atoms with E-state index < -0.39 is 0 Å². The first-order valence-electron chi connectivity index (χ1n) is 9.20. The van der Waals surface area contributed by atoms with Gasteiger partial charge in [0.05, 0.1) is 5.92 Å². The molecule has 1 amide bonds. The Hall–Kier alpha value is -3.35. The van der Waals surface area contributed by atoms with Crippen LogP contribution in [0, 0.1) is 13.8 Å². The standard InChI is InChI=1S/C21H19N3O4/c1-12-4-3-5-16(13(12)2)24-10-15(9-19(24)25)21-22-20(23-28-21)14-6-7-17-18(8-14)27-11-26-17/h3-8,15H,9-11H2,1-2H3. The maximum Gasteiger partial charge on any atom is 0.232 e. The Labute approximate surface area is 161 Å². The predicted molar refractivity (Wildman–Crippen MR) is 101 cm³/mol. The molecule has 0 bridgehead atoms. The molecule has 0 radical (unpaired) electrons. The third-order valence-electron chi connectivity index (χ3n) is 5.41. The van der Waals surface area contributed by atoms with E-state index >= 15 is 0 Å². The molecule has 7 nitrogen and oxygen atoms in total. The van der Waals surface area contributed by atoms with Crippen molar-refractivity contribution in [1.29, 1.82) is 0 Å². The quantitative estimate of drug-likeness (QED) is 0.694. The van der Waals surface area contributed by atoms with Crippen molar-refractivity contribution in [1.82, 2.24) is 10.1 Å². The smallest absolute Gasteiger partial charge is 0.232 e. The lowest BCUT2D eigenvalue weighted by Gasteiger charge is -2.19. The van der Waals surface area contributed by atoms with Gasteiger partial charge < -0.3 is 18.9 Å². The van der Waals surface area contributed by atoms with Crippen LogP contribution in [-0.2, 0) is 4.79 Å². The number of carbonyl (C=O) groups excluding carboxylic acids is 1. The molecule has 2 aromatic carbocycles. The molecule has 1 atom stereocenters. The van der Waals surface area contributed by atoms with Crippen LogP contribution in [0.3, 0.4) is 0 Å². The van der Waals surface area contributed by atoms with Gasteiger partial charge in [-0.1, -0.05) is 17.3 Å². The zero-order chi connectivity index (χ0) is 19.3. The van der Waals surface area contributed by atoms with Crippen LogP contribution in [-0.4, -0.2) is 29.4 Å². The van der Waals surface area contributed by atoms with Crippen LogP contribution in [0.4, 0.5) is 5.69 Å². The molecule has 1 unspecified atom stereocenters. The fourth-order valence-corrected chi connectivity index (χ4v) is 3.69. The van der Waals surface area contributed by atoms with Crippen LogP contribution in [0.25, 0.3) is 11.4 Å². The number of carbonyl (C=O) groups is 1. The Bertz CT molecular complexity index is 1080. The summed E-state index contributed by atoms with van der Waals surface area (Å²) in [5, 5.41) is 4.10. The van der Waals surface area contributed by atoms with E-state index in [-0.39, 0.29) is 18.6 Å². The van der Waals surface area contributed by atoms with Crippen LogP contribution in [0.2, 0.25) is 0 Å². The molecule has 1 saturated heterocycles. The first-order chi connectivity index (χ1) is 13.6. The molecule has 3 heterocycles. The number of amides is 1. The summed E-state index contributed by atoms with van der Waals surface area (Å²) in [7, 11) is 0. The highest BCUT2D eigenvalue weighted by Crippen LogP contribution is 2.37. The van der Waals surface area contributed by atoms with Gasteiger partial charge in [0, 0.05) is 24.2 Å². The van der Waals surface area contributed by atoms with Crippen LogP contribution < -0.4 is 14.4 Å². The van der Waals surface area contributed by atoms with Crippen molar-refractivity contribution in [3.05, 3.63) is 53.4 Å². The highest BCUT2D eigenvalue weighted by molar-refractivity contribution is 5.97. The van der Waals surface area contributed by atoms with Gasteiger partial charge in [0.15, 0.2) is 11.5 Å². The molecular formula is C21H19N3O4. The van der Waals surface area contributed by atoms with Crippen molar-refractivity contribution >= 4 is 11.6 Å². The maximum absolute atomic E-state index is 12.6. The van der Waals surface area contributed by atoms with Gasteiger partial charge in [-0.25, -0.2) is 0 Å². The van der Waals surface area contributed by atoms with E-state index in [0.29, 0.717) is 36.2 Å². The number of fused-ring (bicyclic) bond motifs is 1. The Morgan fingerprint density at radius 3 is 2.86 bits per heavy atom. The second-order valence-electron chi connectivity index (χ2n) is 7.15. The number of ether oxygens (including phenoxy) is 2. The van der Waals surface area contributed by atoms with E-state index in [1.54, 1.807) is 0 Å². The molecule has 1 fully saturated rings. The summed E-state index contributed by atoms with van der Waals surface area (Å²) >= 11 is 0. The van der Waals surface area contributed by atoms with Gasteiger partial charge >= 0.3 is 0 Å². The highest BCUT2D eigenvalue weighted by Gasteiger charge is 2.36. The number of aryl methyl sites for hydroxylation is 1. The van der Waals surface area contributed by atoms with Gasteiger partial charge in [-0.05, 0) is 49.2 Å². The van der Waals surface area contributed by atoms with Gasteiger partial charge in [-0.2, -0.15) is 4.98 Å². The molecular weight excluding hydrogens is 358 g/mol. The molecule has 0 N–H and O–H groups in total. The third-order valence-corrected chi connectivity index (χ3v) is 5.41. The first-order valence-corrected chi connectivity index (χ1v) is 9.20. The molecule has 1 aromatic heterocycles. The largest absolute Gasteiger partial charge is 0.454 e. The average Bonchev–Trinajstić information content (AvgIpc) is 3.42. The number of anilines is 1. The normalized spacial score (nSPS) is 18.1. The average molecular weight is 377 g/mol. The number of nitrogens with zero attached hydrogens (tertiary/aromatic N) is 3. The minimum Gasteiger partial charge on any atom is -0.454 e. The summed E-state index contributed by atoms with van der Waals surface area (Å²) in [4.78, 5) is 19.0. The Morgan fingerprint density at radius 1 is 1.11 bits per heavy atom. The van der Waals surface area contributed by atoms with Crippen LogP contribution in [0.1, 0.15) is 29.4 Å². The Balaban J connectivity index is 1.39. The van der Waals surface area contributed by atoms with E-state index in [1.165, 1.54) is 0 Å². The van der Waals surface area contributed by atoms with Crippen molar-refractivity contribution in [3.63, 3.8) is 0 Å². The van der Waals surface area contributed by atoms with Crippen molar-refractivity contribution < 1.29 is 18.8 Å². The lowest BCUT2D eigenvalue weighted by atomic mass is 10.1. The molecule has 2 aliphatic heterocycles.